The monoisotopic (exact) mass is 309 g/mol. The zero-order chi connectivity index (χ0) is 13.0. The average molecular weight is 310 g/mol. The Morgan fingerprint density at radius 1 is 1.15 bits per heavy atom. The molecule has 0 amide bonds. The lowest BCUT2D eigenvalue weighted by molar-refractivity contribution is 1.30. The van der Waals surface area contributed by atoms with Gasteiger partial charge in [-0.1, -0.05) is 12.1 Å². The number of halogens is 2. The van der Waals surface area contributed by atoms with Crippen molar-refractivity contribution in [2.75, 3.05) is 0 Å². The van der Waals surface area contributed by atoms with E-state index in [0.717, 1.165) is 5.56 Å². The van der Waals surface area contributed by atoms with E-state index in [1.807, 2.05) is 12.1 Å². The Morgan fingerprint density at radius 3 is 2.55 bits per heavy atom. The molecule has 0 aliphatic rings. The molecule has 104 valence electrons. The minimum Gasteiger partial charge on any atom is -0.370 e. The van der Waals surface area contributed by atoms with Crippen molar-refractivity contribution in [1.82, 2.24) is 4.98 Å². The van der Waals surface area contributed by atoms with Crippen LogP contribution in [-0.2, 0) is 0 Å². The molecule has 0 fully saturated rings. The Bertz CT molecular complexity index is 645. The maximum absolute atomic E-state index is 9.04. The molecule has 0 bridgehead atoms. The van der Waals surface area contributed by atoms with E-state index < -0.39 is 0 Å². The first-order valence-corrected chi connectivity index (χ1v) is 5.26. The van der Waals surface area contributed by atoms with Crippen LogP contribution < -0.4 is 11.5 Å². The molecule has 0 aliphatic carbocycles. The average Bonchev–Trinajstić information content (AvgIpc) is 2.38. The van der Waals surface area contributed by atoms with Crippen LogP contribution in [0.1, 0.15) is 5.56 Å². The maximum Gasteiger partial charge on any atom is 0.191 e. The van der Waals surface area contributed by atoms with Crippen LogP contribution in [0.25, 0.3) is 11.3 Å². The Kier molecular flexibility index (Phi) is 7.08. The van der Waals surface area contributed by atoms with Crippen molar-refractivity contribution in [3.8, 4) is 17.3 Å². The predicted molar refractivity (Wildman–Crippen MR) is 84.4 cm³/mol. The third-order valence-corrected chi connectivity index (χ3v) is 2.31. The molecule has 2 aromatic rings. The number of aromatic nitrogens is 1. The first-order chi connectivity index (χ1) is 8.70. The SMILES string of the molecule is Cl.Cl.N#Cc1cccnc1-c1cccc(N=C(N)N)c1. The maximum atomic E-state index is 9.04. The van der Waals surface area contributed by atoms with E-state index in [0.29, 0.717) is 16.9 Å². The summed E-state index contributed by atoms with van der Waals surface area (Å²) in [5, 5.41) is 9.04. The summed E-state index contributed by atoms with van der Waals surface area (Å²) < 4.78 is 0. The van der Waals surface area contributed by atoms with Crippen LogP contribution in [0, 0.1) is 11.3 Å². The lowest BCUT2D eigenvalue weighted by Gasteiger charge is -2.03. The number of hydrogen-bond acceptors (Lipinski definition) is 3. The van der Waals surface area contributed by atoms with Crippen LogP contribution in [0.3, 0.4) is 0 Å². The van der Waals surface area contributed by atoms with E-state index in [1.165, 1.54) is 0 Å². The van der Waals surface area contributed by atoms with Gasteiger partial charge < -0.3 is 11.5 Å². The Balaban J connectivity index is 0.00000180. The molecule has 1 heterocycles. The molecule has 0 aliphatic heterocycles. The summed E-state index contributed by atoms with van der Waals surface area (Å²) in [7, 11) is 0. The standard InChI is InChI=1S/C13H11N5.2ClH/c14-8-10-4-2-6-17-12(10)9-3-1-5-11(7-9)18-13(15)16;;/h1-7H,(H4,15,16,18);2*1H. The lowest BCUT2D eigenvalue weighted by atomic mass is 10.1. The van der Waals surface area contributed by atoms with Gasteiger partial charge in [0.2, 0.25) is 0 Å². The van der Waals surface area contributed by atoms with E-state index >= 15 is 0 Å². The number of nitrogens with two attached hydrogens (primary N) is 2. The van der Waals surface area contributed by atoms with Gasteiger partial charge in [-0.3, -0.25) is 4.98 Å². The molecule has 0 saturated carbocycles. The molecule has 1 aromatic heterocycles. The van der Waals surface area contributed by atoms with Crippen molar-refractivity contribution in [3.05, 3.63) is 48.2 Å². The highest BCUT2D eigenvalue weighted by molar-refractivity contribution is 5.85. The Morgan fingerprint density at radius 2 is 1.90 bits per heavy atom. The summed E-state index contributed by atoms with van der Waals surface area (Å²) >= 11 is 0. The first-order valence-electron chi connectivity index (χ1n) is 5.26. The van der Waals surface area contributed by atoms with Crippen molar-refractivity contribution in [2.24, 2.45) is 16.5 Å². The fourth-order valence-corrected chi connectivity index (χ4v) is 1.60. The van der Waals surface area contributed by atoms with E-state index in [2.05, 4.69) is 16.0 Å². The number of nitrogens with zero attached hydrogens (tertiary/aromatic N) is 3. The summed E-state index contributed by atoms with van der Waals surface area (Å²) in [4.78, 5) is 8.17. The molecule has 0 spiro atoms. The lowest BCUT2D eigenvalue weighted by Crippen LogP contribution is -2.21. The van der Waals surface area contributed by atoms with Crippen molar-refractivity contribution >= 4 is 36.5 Å². The zero-order valence-corrected chi connectivity index (χ0v) is 12.0. The van der Waals surface area contributed by atoms with Gasteiger partial charge in [0, 0.05) is 11.8 Å². The molecular formula is C13H13Cl2N5. The van der Waals surface area contributed by atoms with Gasteiger partial charge in [-0.2, -0.15) is 5.26 Å². The first kappa shape index (κ1) is 17.7. The second kappa shape index (κ2) is 8.00. The molecule has 0 saturated heterocycles. The van der Waals surface area contributed by atoms with Gasteiger partial charge in [0.1, 0.15) is 6.07 Å². The molecule has 0 unspecified atom stereocenters. The second-order valence-electron chi connectivity index (χ2n) is 3.60. The molecular weight excluding hydrogens is 297 g/mol. The van der Waals surface area contributed by atoms with Gasteiger partial charge in [-0.25, -0.2) is 4.99 Å². The van der Waals surface area contributed by atoms with Gasteiger partial charge in [0.15, 0.2) is 5.96 Å². The summed E-state index contributed by atoms with van der Waals surface area (Å²) in [5.41, 5.74) is 13.2. The third-order valence-electron chi connectivity index (χ3n) is 2.31. The highest BCUT2D eigenvalue weighted by Gasteiger charge is 2.05. The fraction of sp³-hybridized carbons (Fsp3) is 0. The molecule has 20 heavy (non-hydrogen) atoms. The number of hydrogen-bond donors (Lipinski definition) is 2. The third kappa shape index (κ3) is 4.12. The van der Waals surface area contributed by atoms with Gasteiger partial charge >= 0.3 is 0 Å². The minimum absolute atomic E-state index is 0. The molecule has 7 heteroatoms. The normalized spacial score (nSPS) is 8.55. The smallest absolute Gasteiger partial charge is 0.191 e. The number of rotatable bonds is 2. The number of pyridine rings is 1. The van der Waals surface area contributed by atoms with Gasteiger partial charge in [0.25, 0.3) is 0 Å². The van der Waals surface area contributed by atoms with Gasteiger partial charge in [-0.05, 0) is 24.3 Å². The molecule has 0 radical (unpaired) electrons. The van der Waals surface area contributed by atoms with E-state index in [9.17, 15) is 0 Å². The van der Waals surface area contributed by atoms with Crippen molar-refractivity contribution in [3.63, 3.8) is 0 Å². The summed E-state index contributed by atoms with van der Waals surface area (Å²) in [6.07, 6.45) is 1.64. The minimum atomic E-state index is -0.00585. The quantitative estimate of drug-likeness (QED) is 0.656. The van der Waals surface area contributed by atoms with Crippen LogP contribution in [0.2, 0.25) is 0 Å². The van der Waals surface area contributed by atoms with Crippen LogP contribution in [0.15, 0.2) is 47.6 Å². The largest absolute Gasteiger partial charge is 0.370 e. The van der Waals surface area contributed by atoms with E-state index in [1.54, 1.807) is 30.5 Å². The number of aliphatic imine (C=N–C) groups is 1. The highest BCUT2D eigenvalue weighted by Crippen LogP contribution is 2.24. The molecule has 2 rings (SSSR count). The summed E-state index contributed by atoms with van der Waals surface area (Å²) in [6.45, 7) is 0. The zero-order valence-electron chi connectivity index (χ0n) is 10.4. The molecule has 1 aromatic carbocycles. The molecule has 5 nitrogen and oxygen atoms in total. The Hall–Kier alpha value is -2.29. The van der Waals surface area contributed by atoms with Crippen molar-refractivity contribution in [1.29, 1.82) is 5.26 Å². The van der Waals surface area contributed by atoms with Crippen LogP contribution in [0.4, 0.5) is 5.69 Å². The second-order valence-corrected chi connectivity index (χ2v) is 3.60. The summed E-state index contributed by atoms with van der Waals surface area (Å²) in [6, 6.07) is 12.8. The van der Waals surface area contributed by atoms with Crippen LogP contribution in [-0.4, -0.2) is 10.9 Å². The summed E-state index contributed by atoms with van der Waals surface area (Å²) in [5.74, 6) is -0.00585. The van der Waals surface area contributed by atoms with Crippen molar-refractivity contribution in [2.45, 2.75) is 0 Å². The van der Waals surface area contributed by atoms with E-state index in [-0.39, 0.29) is 30.8 Å². The fourth-order valence-electron chi connectivity index (χ4n) is 1.60. The number of benzene rings is 1. The predicted octanol–water partition coefficient (Wildman–Crippen LogP) is 2.37. The van der Waals surface area contributed by atoms with Gasteiger partial charge in [0.05, 0.1) is 16.9 Å². The number of nitriles is 1. The molecule has 0 atom stereocenters. The van der Waals surface area contributed by atoms with E-state index in [4.69, 9.17) is 16.7 Å². The number of guanidine groups is 1. The highest BCUT2D eigenvalue weighted by atomic mass is 35.5. The van der Waals surface area contributed by atoms with Crippen molar-refractivity contribution < 1.29 is 0 Å². The van der Waals surface area contributed by atoms with Crippen LogP contribution in [0.5, 0.6) is 0 Å². The van der Waals surface area contributed by atoms with Crippen LogP contribution >= 0.6 is 24.8 Å². The molecule has 4 N–H and O–H groups in total. The Labute approximate surface area is 129 Å². The van der Waals surface area contributed by atoms with Gasteiger partial charge in [-0.15, -0.1) is 24.8 Å². The topological polar surface area (TPSA) is 101 Å².